The number of rotatable bonds is 3. The first-order valence-electron chi connectivity index (χ1n) is 3.99. The van der Waals surface area contributed by atoms with E-state index in [2.05, 4.69) is 4.98 Å². The molecule has 1 heterocycles. The smallest absolute Gasteiger partial charge is 0.330 e. The van der Waals surface area contributed by atoms with Gasteiger partial charge in [0.25, 0.3) is 0 Å². The van der Waals surface area contributed by atoms with Crippen LogP contribution in [0.4, 0.5) is 0 Å². The van der Waals surface area contributed by atoms with Crippen LogP contribution in [0.1, 0.15) is 16.8 Å². The summed E-state index contributed by atoms with van der Waals surface area (Å²) in [6.45, 7) is 4.11. The van der Waals surface area contributed by atoms with Crippen LogP contribution >= 0.6 is 11.3 Å². The van der Waals surface area contributed by atoms with Crippen molar-refractivity contribution in [1.29, 1.82) is 0 Å². The minimum Gasteiger partial charge on any atom is -0.463 e. The molecule has 0 aliphatic carbocycles. The van der Waals surface area contributed by atoms with Gasteiger partial charge in [0.05, 0.1) is 11.6 Å². The molecule has 0 spiro atoms. The molecule has 70 valence electrons. The van der Waals surface area contributed by atoms with E-state index in [1.165, 1.54) is 6.08 Å². The predicted molar refractivity (Wildman–Crippen MR) is 52.5 cm³/mol. The number of hydrogen-bond donors (Lipinski definition) is 0. The fourth-order valence-electron chi connectivity index (χ4n) is 0.795. The molecule has 1 aromatic rings. The first kappa shape index (κ1) is 9.92. The molecule has 1 rings (SSSR count). The lowest BCUT2D eigenvalue weighted by Gasteiger charge is -1.92. The molecular weight excluding hydrogens is 186 g/mol. The zero-order valence-electron chi connectivity index (χ0n) is 7.61. The highest BCUT2D eigenvalue weighted by atomic mass is 32.1. The van der Waals surface area contributed by atoms with E-state index in [1.807, 2.05) is 6.92 Å². The Hall–Kier alpha value is -1.16. The fraction of sp³-hybridized carbons (Fsp3) is 0.333. The van der Waals surface area contributed by atoms with Gasteiger partial charge < -0.3 is 4.74 Å². The maximum atomic E-state index is 10.9. The first-order chi connectivity index (χ1) is 6.22. The van der Waals surface area contributed by atoms with E-state index < -0.39 is 0 Å². The van der Waals surface area contributed by atoms with Crippen molar-refractivity contribution in [3.63, 3.8) is 0 Å². The van der Waals surface area contributed by atoms with Crippen molar-refractivity contribution in [3.05, 3.63) is 22.2 Å². The van der Waals surface area contributed by atoms with Gasteiger partial charge in [-0.15, -0.1) is 11.3 Å². The number of nitrogens with zero attached hydrogens (tertiary/aromatic N) is 1. The highest BCUT2D eigenvalue weighted by molar-refractivity contribution is 7.12. The lowest BCUT2D eigenvalue weighted by Crippen LogP contribution is -1.98. The fourth-order valence-corrected chi connectivity index (χ4v) is 1.48. The van der Waals surface area contributed by atoms with Crippen molar-refractivity contribution in [2.45, 2.75) is 13.8 Å². The molecule has 0 N–H and O–H groups in total. The van der Waals surface area contributed by atoms with E-state index >= 15 is 0 Å². The van der Waals surface area contributed by atoms with Crippen LogP contribution in [0.3, 0.4) is 0 Å². The third-order valence-corrected chi connectivity index (χ3v) is 2.19. The molecule has 13 heavy (non-hydrogen) atoms. The van der Waals surface area contributed by atoms with Gasteiger partial charge in [-0.05, 0) is 19.9 Å². The zero-order chi connectivity index (χ0) is 9.68. The van der Waals surface area contributed by atoms with Gasteiger partial charge in [0.1, 0.15) is 0 Å². The lowest BCUT2D eigenvalue weighted by atomic mass is 10.4. The molecule has 0 aliphatic heterocycles. The van der Waals surface area contributed by atoms with Gasteiger partial charge in [0, 0.05) is 17.2 Å². The average molecular weight is 197 g/mol. The second-order valence-corrected chi connectivity index (χ2v) is 3.63. The summed E-state index contributed by atoms with van der Waals surface area (Å²) in [6.07, 6.45) is 4.86. The number of ether oxygens (including phenoxy) is 1. The van der Waals surface area contributed by atoms with Gasteiger partial charge in [-0.2, -0.15) is 0 Å². The number of hydrogen-bond acceptors (Lipinski definition) is 4. The molecule has 0 saturated heterocycles. The van der Waals surface area contributed by atoms with Crippen molar-refractivity contribution >= 4 is 23.4 Å². The molecule has 0 atom stereocenters. The lowest BCUT2D eigenvalue weighted by molar-refractivity contribution is -0.137. The Morgan fingerprint density at radius 1 is 1.77 bits per heavy atom. The number of thiazole rings is 1. The SMILES string of the molecule is CCOC(=O)C=Cc1cnc(C)s1. The topological polar surface area (TPSA) is 39.2 Å². The highest BCUT2D eigenvalue weighted by Gasteiger charge is 1.96. The van der Waals surface area contributed by atoms with Crippen LogP contribution in [-0.4, -0.2) is 17.6 Å². The summed E-state index contributed by atoms with van der Waals surface area (Å²) in [6, 6.07) is 0. The molecule has 0 bridgehead atoms. The molecule has 0 unspecified atom stereocenters. The van der Waals surface area contributed by atoms with Crippen LogP contribution in [0, 0.1) is 6.92 Å². The molecule has 1 aromatic heterocycles. The summed E-state index contributed by atoms with van der Waals surface area (Å²) in [5, 5.41) is 0.989. The highest BCUT2D eigenvalue weighted by Crippen LogP contribution is 2.12. The van der Waals surface area contributed by atoms with Crippen molar-refractivity contribution in [2.75, 3.05) is 6.61 Å². The summed E-state index contributed by atoms with van der Waals surface area (Å²) in [7, 11) is 0. The normalized spacial score (nSPS) is 10.6. The molecule has 3 nitrogen and oxygen atoms in total. The standard InChI is InChI=1S/C9H11NO2S/c1-3-12-9(11)5-4-8-6-10-7(2)13-8/h4-6H,3H2,1-2H3. The molecule has 0 aliphatic rings. The van der Waals surface area contributed by atoms with Gasteiger partial charge in [-0.3, -0.25) is 0 Å². The van der Waals surface area contributed by atoms with Gasteiger partial charge in [0.2, 0.25) is 0 Å². The molecule has 0 fully saturated rings. The maximum absolute atomic E-state index is 10.9. The molecule has 0 saturated carbocycles. The number of aromatic nitrogens is 1. The summed E-state index contributed by atoms with van der Waals surface area (Å²) >= 11 is 1.54. The third-order valence-electron chi connectivity index (χ3n) is 1.31. The van der Waals surface area contributed by atoms with Crippen LogP contribution in [0.2, 0.25) is 0 Å². The second-order valence-electron chi connectivity index (χ2n) is 2.37. The molecule has 0 amide bonds. The van der Waals surface area contributed by atoms with Crippen molar-refractivity contribution in [1.82, 2.24) is 4.98 Å². The van der Waals surface area contributed by atoms with E-state index in [0.717, 1.165) is 9.88 Å². The molecule has 0 aromatic carbocycles. The quantitative estimate of drug-likeness (QED) is 0.549. The van der Waals surface area contributed by atoms with Gasteiger partial charge in [0.15, 0.2) is 0 Å². The van der Waals surface area contributed by atoms with E-state index in [9.17, 15) is 4.79 Å². The largest absolute Gasteiger partial charge is 0.463 e. The Balaban J connectivity index is 2.53. The number of esters is 1. The number of carbonyl (C=O) groups is 1. The Bertz CT molecular complexity index is 317. The molecule has 0 radical (unpaired) electrons. The van der Waals surface area contributed by atoms with E-state index in [1.54, 1.807) is 30.5 Å². The number of carbonyl (C=O) groups excluding carboxylic acids is 1. The monoisotopic (exact) mass is 197 g/mol. The molecular formula is C9H11NO2S. The van der Waals surface area contributed by atoms with Crippen LogP contribution in [0.25, 0.3) is 6.08 Å². The minimum atomic E-state index is -0.312. The van der Waals surface area contributed by atoms with Gasteiger partial charge in [-0.25, -0.2) is 9.78 Å². The van der Waals surface area contributed by atoms with Crippen molar-refractivity contribution in [2.24, 2.45) is 0 Å². The van der Waals surface area contributed by atoms with Crippen LogP contribution in [0.5, 0.6) is 0 Å². The maximum Gasteiger partial charge on any atom is 0.330 e. The van der Waals surface area contributed by atoms with Crippen molar-refractivity contribution in [3.8, 4) is 0 Å². The Kier molecular flexibility index (Phi) is 3.64. The summed E-state index contributed by atoms with van der Waals surface area (Å²) in [5.41, 5.74) is 0. The first-order valence-corrected chi connectivity index (χ1v) is 4.81. The summed E-state index contributed by atoms with van der Waals surface area (Å²) in [4.78, 5) is 15.9. The Morgan fingerprint density at radius 2 is 2.54 bits per heavy atom. The zero-order valence-corrected chi connectivity index (χ0v) is 8.43. The van der Waals surface area contributed by atoms with Crippen molar-refractivity contribution < 1.29 is 9.53 Å². The Labute approximate surface area is 81.1 Å². The molecule has 4 heteroatoms. The average Bonchev–Trinajstić information content (AvgIpc) is 2.49. The minimum absolute atomic E-state index is 0.312. The van der Waals surface area contributed by atoms with Gasteiger partial charge >= 0.3 is 5.97 Å². The van der Waals surface area contributed by atoms with Crippen LogP contribution in [0.15, 0.2) is 12.3 Å². The third kappa shape index (κ3) is 3.38. The van der Waals surface area contributed by atoms with Crippen LogP contribution in [-0.2, 0) is 9.53 Å². The van der Waals surface area contributed by atoms with E-state index in [-0.39, 0.29) is 5.97 Å². The van der Waals surface area contributed by atoms with E-state index in [0.29, 0.717) is 6.61 Å². The summed E-state index contributed by atoms with van der Waals surface area (Å²) in [5.74, 6) is -0.312. The number of aryl methyl sites for hydroxylation is 1. The Morgan fingerprint density at radius 3 is 3.08 bits per heavy atom. The predicted octanol–water partition coefficient (Wildman–Crippen LogP) is 2.03. The summed E-state index contributed by atoms with van der Waals surface area (Å²) < 4.78 is 4.73. The van der Waals surface area contributed by atoms with Gasteiger partial charge in [-0.1, -0.05) is 0 Å². The van der Waals surface area contributed by atoms with E-state index in [4.69, 9.17) is 4.74 Å². The van der Waals surface area contributed by atoms with Crippen LogP contribution < -0.4 is 0 Å². The second kappa shape index (κ2) is 4.77.